The lowest BCUT2D eigenvalue weighted by Gasteiger charge is -2.00. The average Bonchev–Trinajstić information content (AvgIpc) is 2.41. The van der Waals surface area contributed by atoms with Crippen LogP contribution < -0.4 is 0 Å². The van der Waals surface area contributed by atoms with Gasteiger partial charge in [0.25, 0.3) is 0 Å². The van der Waals surface area contributed by atoms with E-state index in [1.54, 1.807) is 0 Å². The third-order valence-corrected chi connectivity index (χ3v) is 2.61. The van der Waals surface area contributed by atoms with E-state index in [1.807, 2.05) is 29.8 Å². The molecule has 0 saturated heterocycles. The molecule has 0 aliphatic heterocycles. The molecule has 3 heteroatoms. The van der Waals surface area contributed by atoms with Crippen molar-refractivity contribution in [2.45, 2.75) is 13.3 Å². The fraction of sp³-hybridized carbons (Fsp3) is 0.250. The zero-order valence-corrected chi connectivity index (χ0v) is 8.82. The molecule has 0 fully saturated rings. The Labute approximate surface area is 87.9 Å². The van der Waals surface area contributed by atoms with Gasteiger partial charge < -0.3 is 9.67 Å². The van der Waals surface area contributed by atoms with Gasteiger partial charge >= 0.3 is 5.97 Å². The number of hydrogen-bond acceptors (Lipinski definition) is 1. The van der Waals surface area contributed by atoms with Crippen molar-refractivity contribution < 1.29 is 9.90 Å². The Morgan fingerprint density at radius 2 is 2.20 bits per heavy atom. The van der Waals surface area contributed by atoms with Crippen LogP contribution in [0.25, 0.3) is 10.9 Å². The fourth-order valence-corrected chi connectivity index (χ4v) is 1.92. The molecule has 3 nitrogen and oxygen atoms in total. The van der Waals surface area contributed by atoms with Gasteiger partial charge in [-0.2, -0.15) is 0 Å². The van der Waals surface area contributed by atoms with Crippen LogP contribution in [0, 0.1) is 6.92 Å². The molecular formula is C12H13NO2. The lowest BCUT2D eigenvalue weighted by atomic mass is 10.1. The molecule has 0 bridgehead atoms. The van der Waals surface area contributed by atoms with Crippen molar-refractivity contribution in [3.8, 4) is 0 Å². The maximum Gasteiger partial charge on any atom is 0.307 e. The van der Waals surface area contributed by atoms with Crippen molar-refractivity contribution in [1.82, 2.24) is 4.57 Å². The number of carboxylic acid groups (broad SMARTS) is 1. The maximum absolute atomic E-state index is 10.6. The predicted octanol–water partition coefficient (Wildman–Crippen LogP) is 2.11. The summed E-state index contributed by atoms with van der Waals surface area (Å²) in [6.07, 6.45) is 2.13. The number of aryl methyl sites for hydroxylation is 2. The van der Waals surface area contributed by atoms with Crippen LogP contribution in [0.5, 0.6) is 0 Å². The summed E-state index contributed by atoms with van der Waals surface area (Å²) >= 11 is 0. The van der Waals surface area contributed by atoms with E-state index in [2.05, 4.69) is 13.1 Å². The monoisotopic (exact) mass is 203 g/mol. The highest BCUT2D eigenvalue weighted by atomic mass is 16.4. The van der Waals surface area contributed by atoms with Crippen molar-refractivity contribution in [3.05, 3.63) is 35.5 Å². The highest BCUT2D eigenvalue weighted by molar-refractivity contribution is 5.85. The molecule has 1 N–H and O–H groups in total. The molecule has 1 heterocycles. The molecule has 1 aromatic carbocycles. The zero-order chi connectivity index (χ0) is 11.0. The Balaban J connectivity index is 2.55. The molecular weight excluding hydrogens is 190 g/mol. The van der Waals surface area contributed by atoms with Crippen molar-refractivity contribution >= 4 is 16.9 Å². The van der Waals surface area contributed by atoms with Gasteiger partial charge in [-0.05, 0) is 24.1 Å². The van der Waals surface area contributed by atoms with Crippen LogP contribution in [0.3, 0.4) is 0 Å². The number of hydrogen-bond donors (Lipinski definition) is 1. The van der Waals surface area contributed by atoms with Crippen molar-refractivity contribution in [1.29, 1.82) is 0 Å². The number of rotatable bonds is 2. The average molecular weight is 203 g/mol. The van der Waals surface area contributed by atoms with Gasteiger partial charge in [0, 0.05) is 24.1 Å². The molecule has 0 atom stereocenters. The third-order valence-electron chi connectivity index (χ3n) is 2.61. The van der Waals surface area contributed by atoms with E-state index >= 15 is 0 Å². The van der Waals surface area contributed by atoms with Gasteiger partial charge in [-0.25, -0.2) is 0 Å². The first-order valence-corrected chi connectivity index (χ1v) is 4.84. The van der Waals surface area contributed by atoms with Gasteiger partial charge in [-0.3, -0.25) is 4.79 Å². The number of carboxylic acids is 1. The van der Waals surface area contributed by atoms with Crippen LogP contribution in [-0.2, 0) is 18.3 Å². The van der Waals surface area contributed by atoms with Gasteiger partial charge in [-0.15, -0.1) is 0 Å². The Hall–Kier alpha value is -1.77. The molecule has 0 radical (unpaired) electrons. The van der Waals surface area contributed by atoms with E-state index in [-0.39, 0.29) is 6.42 Å². The summed E-state index contributed by atoms with van der Waals surface area (Å²) in [5, 5.41) is 9.89. The SMILES string of the molecule is Cc1cn(C)c2cc(CC(=O)O)ccc12. The standard InChI is InChI=1S/C12H13NO2/c1-8-7-13(2)11-5-9(6-12(14)15)3-4-10(8)11/h3-5,7H,6H2,1-2H3,(H,14,15). The summed E-state index contributed by atoms with van der Waals surface area (Å²) in [7, 11) is 1.97. The van der Waals surface area contributed by atoms with Gasteiger partial charge in [0.15, 0.2) is 0 Å². The summed E-state index contributed by atoms with van der Waals surface area (Å²) in [5.41, 5.74) is 3.15. The summed E-state index contributed by atoms with van der Waals surface area (Å²) in [5.74, 6) is -0.791. The molecule has 0 amide bonds. The normalized spacial score (nSPS) is 10.8. The first-order valence-electron chi connectivity index (χ1n) is 4.84. The van der Waals surface area contributed by atoms with Crippen molar-refractivity contribution in [2.24, 2.45) is 7.05 Å². The van der Waals surface area contributed by atoms with Gasteiger partial charge in [0.05, 0.1) is 6.42 Å². The molecule has 78 valence electrons. The van der Waals surface area contributed by atoms with Gasteiger partial charge in [0.1, 0.15) is 0 Å². The van der Waals surface area contributed by atoms with Crippen LogP contribution in [0.15, 0.2) is 24.4 Å². The van der Waals surface area contributed by atoms with Crippen LogP contribution in [0.1, 0.15) is 11.1 Å². The predicted molar refractivity (Wildman–Crippen MR) is 59.0 cm³/mol. The Morgan fingerprint density at radius 3 is 2.87 bits per heavy atom. The number of aliphatic carboxylic acids is 1. The van der Waals surface area contributed by atoms with E-state index in [1.165, 1.54) is 10.9 Å². The summed E-state index contributed by atoms with van der Waals surface area (Å²) in [6, 6.07) is 5.81. The highest BCUT2D eigenvalue weighted by Gasteiger charge is 2.05. The summed E-state index contributed by atoms with van der Waals surface area (Å²) < 4.78 is 2.02. The molecule has 0 aliphatic carbocycles. The van der Waals surface area contributed by atoms with E-state index in [4.69, 9.17) is 5.11 Å². The maximum atomic E-state index is 10.6. The van der Waals surface area contributed by atoms with Crippen LogP contribution in [0.4, 0.5) is 0 Å². The largest absolute Gasteiger partial charge is 0.481 e. The van der Waals surface area contributed by atoms with Crippen LogP contribution >= 0.6 is 0 Å². The minimum atomic E-state index is -0.791. The molecule has 1 aromatic heterocycles. The third kappa shape index (κ3) is 1.73. The molecule has 0 spiro atoms. The molecule has 15 heavy (non-hydrogen) atoms. The number of nitrogens with zero attached hydrogens (tertiary/aromatic N) is 1. The Bertz CT molecular complexity index is 526. The van der Waals surface area contributed by atoms with Gasteiger partial charge in [-0.1, -0.05) is 12.1 Å². The smallest absolute Gasteiger partial charge is 0.307 e. The van der Waals surface area contributed by atoms with Crippen molar-refractivity contribution in [2.75, 3.05) is 0 Å². The first kappa shape index (κ1) is 9.77. The molecule has 0 aliphatic rings. The lowest BCUT2D eigenvalue weighted by Crippen LogP contribution is -1.99. The van der Waals surface area contributed by atoms with Crippen molar-refractivity contribution in [3.63, 3.8) is 0 Å². The number of fused-ring (bicyclic) bond motifs is 1. The fourth-order valence-electron chi connectivity index (χ4n) is 1.92. The second-order valence-electron chi connectivity index (χ2n) is 3.85. The molecule has 2 rings (SSSR count). The molecule has 0 saturated carbocycles. The highest BCUT2D eigenvalue weighted by Crippen LogP contribution is 2.21. The molecule has 2 aromatic rings. The van der Waals surface area contributed by atoms with Crippen LogP contribution in [-0.4, -0.2) is 15.6 Å². The minimum Gasteiger partial charge on any atom is -0.481 e. The number of benzene rings is 1. The summed E-state index contributed by atoms with van der Waals surface area (Å²) in [6.45, 7) is 2.05. The second kappa shape index (κ2) is 3.42. The van der Waals surface area contributed by atoms with E-state index in [9.17, 15) is 4.79 Å². The summed E-state index contributed by atoms with van der Waals surface area (Å²) in [4.78, 5) is 10.6. The molecule has 0 unspecified atom stereocenters. The van der Waals surface area contributed by atoms with E-state index in [0.29, 0.717) is 0 Å². The Kier molecular flexibility index (Phi) is 2.23. The van der Waals surface area contributed by atoms with Gasteiger partial charge in [0.2, 0.25) is 0 Å². The topological polar surface area (TPSA) is 42.2 Å². The van der Waals surface area contributed by atoms with Crippen LogP contribution in [0.2, 0.25) is 0 Å². The van der Waals surface area contributed by atoms with E-state index < -0.39 is 5.97 Å². The number of carbonyl (C=O) groups is 1. The quantitative estimate of drug-likeness (QED) is 0.812. The minimum absolute atomic E-state index is 0.0835. The lowest BCUT2D eigenvalue weighted by molar-refractivity contribution is -0.136. The zero-order valence-electron chi connectivity index (χ0n) is 8.82. The van der Waals surface area contributed by atoms with E-state index in [0.717, 1.165) is 11.1 Å². The first-order chi connectivity index (χ1) is 7.08. The number of aromatic nitrogens is 1. The Morgan fingerprint density at radius 1 is 1.47 bits per heavy atom. The second-order valence-corrected chi connectivity index (χ2v) is 3.85.